The number of hydrazine groups is 1. The first-order valence-corrected chi connectivity index (χ1v) is 10.5. The third kappa shape index (κ3) is 4.38. The van der Waals surface area contributed by atoms with Crippen molar-refractivity contribution in [1.29, 1.82) is 0 Å². The molecule has 10 heteroatoms. The van der Waals surface area contributed by atoms with Crippen LogP contribution in [-0.2, 0) is 6.42 Å². The molecule has 0 fully saturated rings. The topological polar surface area (TPSA) is 126 Å². The average Bonchev–Trinajstić information content (AvgIpc) is 3.45. The molecule has 0 spiro atoms. The number of rotatable bonds is 4. The molecule has 3 heterocycles. The highest BCUT2D eigenvalue weighted by Crippen LogP contribution is 2.29. The van der Waals surface area contributed by atoms with E-state index in [1.165, 1.54) is 35.9 Å². The number of hydrazone groups is 1. The maximum Gasteiger partial charge on any atom is 0.305 e. The molecule has 1 aliphatic carbocycles. The van der Waals surface area contributed by atoms with Crippen molar-refractivity contribution in [3.63, 3.8) is 0 Å². The van der Waals surface area contributed by atoms with Gasteiger partial charge in [-0.1, -0.05) is 6.07 Å². The Bertz CT molecular complexity index is 1150. The number of nitrogens with zero attached hydrogens (tertiary/aromatic N) is 2. The van der Waals surface area contributed by atoms with Crippen molar-refractivity contribution in [2.24, 2.45) is 5.10 Å². The molecule has 3 aromatic heterocycles. The SMILES string of the molecule is Cc1c(C(=O)NNC(=O)c2ccncc2)oc2c1/C(=N/NC(=O)c1cccs1)CCC2. The minimum Gasteiger partial charge on any atom is -0.455 e. The van der Waals surface area contributed by atoms with Gasteiger partial charge in [0.15, 0.2) is 5.76 Å². The number of carbonyl (C=O) groups excluding carboxylic acids is 3. The molecule has 0 aliphatic heterocycles. The fraction of sp³-hybridized carbons (Fsp3) is 0.190. The predicted molar refractivity (Wildman–Crippen MR) is 114 cm³/mol. The summed E-state index contributed by atoms with van der Waals surface area (Å²) in [6, 6.07) is 6.58. The van der Waals surface area contributed by atoms with Crippen LogP contribution in [0.1, 0.15) is 60.3 Å². The number of carbonyl (C=O) groups is 3. The van der Waals surface area contributed by atoms with Crippen LogP contribution in [0.2, 0.25) is 0 Å². The number of thiophene rings is 1. The fourth-order valence-corrected chi connectivity index (χ4v) is 3.94. The molecule has 3 N–H and O–H groups in total. The molecule has 31 heavy (non-hydrogen) atoms. The Morgan fingerprint density at radius 3 is 2.58 bits per heavy atom. The lowest BCUT2D eigenvalue weighted by Crippen LogP contribution is -2.41. The number of hydrogen-bond donors (Lipinski definition) is 3. The molecule has 0 unspecified atom stereocenters. The van der Waals surface area contributed by atoms with Crippen molar-refractivity contribution in [3.05, 3.63) is 75.1 Å². The van der Waals surface area contributed by atoms with E-state index in [-0.39, 0.29) is 11.7 Å². The molecule has 9 nitrogen and oxygen atoms in total. The Morgan fingerprint density at radius 2 is 1.84 bits per heavy atom. The van der Waals surface area contributed by atoms with E-state index in [9.17, 15) is 14.4 Å². The second-order valence-electron chi connectivity index (χ2n) is 6.83. The van der Waals surface area contributed by atoms with E-state index in [4.69, 9.17) is 4.42 Å². The van der Waals surface area contributed by atoms with Crippen molar-refractivity contribution in [2.45, 2.75) is 26.2 Å². The number of amides is 3. The van der Waals surface area contributed by atoms with Gasteiger partial charge in [-0.2, -0.15) is 5.10 Å². The Labute approximate surface area is 181 Å². The van der Waals surface area contributed by atoms with Crippen molar-refractivity contribution >= 4 is 34.8 Å². The van der Waals surface area contributed by atoms with E-state index in [1.807, 2.05) is 5.38 Å². The zero-order valence-corrected chi connectivity index (χ0v) is 17.4. The zero-order chi connectivity index (χ0) is 21.8. The zero-order valence-electron chi connectivity index (χ0n) is 16.6. The van der Waals surface area contributed by atoms with Gasteiger partial charge in [0.05, 0.1) is 10.6 Å². The number of pyridine rings is 1. The van der Waals surface area contributed by atoms with Crippen LogP contribution in [0.5, 0.6) is 0 Å². The van der Waals surface area contributed by atoms with Crippen LogP contribution >= 0.6 is 11.3 Å². The second kappa shape index (κ2) is 8.92. The standard InChI is InChI=1S/C21H19N5O4S/c1-12-17-14(23-25-20(28)16-6-3-11-31-16)4-2-5-15(17)30-18(12)21(29)26-24-19(27)13-7-9-22-10-8-13/h3,6-11H,2,4-5H2,1H3,(H,24,27)(H,25,28)(H,26,29)/b23-14+. The summed E-state index contributed by atoms with van der Waals surface area (Å²) in [4.78, 5) is 41.3. The van der Waals surface area contributed by atoms with E-state index in [0.717, 1.165) is 12.0 Å². The Kier molecular flexibility index (Phi) is 5.89. The van der Waals surface area contributed by atoms with Crippen LogP contribution in [0, 0.1) is 6.92 Å². The second-order valence-corrected chi connectivity index (χ2v) is 7.78. The summed E-state index contributed by atoms with van der Waals surface area (Å²) in [5.74, 6) is -0.593. The van der Waals surface area contributed by atoms with E-state index in [2.05, 4.69) is 26.4 Å². The maximum absolute atomic E-state index is 12.6. The summed E-state index contributed by atoms with van der Waals surface area (Å²) >= 11 is 1.33. The van der Waals surface area contributed by atoms with Crippen molar-refractivity contribution in [3.8, 4) is 0 Å². The largest absolute Gasteiger partial charge is 0.455 e. The first-order chi connectivity index (χ1) is 15.0. The first-order valence-electron chi connectivity index (χ1n) is 9.58. The van der Waals surface area contributed by atoms with Crippen LogP contribution in [0.3, 0.4) is 0 Å². The van der Waals surface area contributed by atoms with E-state index in [0.29, 0.717) is 40.3 Å². The van der Waals surface area contributed by atoms with E-state index < -0.39 is 11.8 Å². The molecule has 4 rings (SSSR count). The van der Waals surface area contributed by atoms with Gasteiger partial charge in [0.25, 0.3) is 11.8 Å². The highest BCUT2D eigenvalue weighted by molar-refractivity contribution is 7.12. The molecule has 0 saturated carbocycles. The minimum absolute atomic E-state index is 0.0965. The molecule has 3 amide bonds. The first kappa shape index (κ1) is 20.5. The molecule has 1 aliphatic rings. The van der Waals surface area contributed by atoms with Gasteiger partial charge in [-0.15, -0.1) is 11.3 Å². The molecule has 0 saturated heterocycles. The van der Waals surface area contributed by atoms with Crippen LogP contribution < -0.4 is 16.3 Å². The lowest BCUT2D eigenvalue weighted by Gasteiger charge is -2.13. The molecule has 0 aromatic carbocycles. The van der Waals surface area contributed by atoms with E-state index in [1.54, 1.807) is 19.1 Å². The monoisotopic (exact) mass is 437 g/mol. The van der Waals surface area contributed by atoms with Crippen LogP contribution in [0.4, 0.5) is 0 Å². The van der Waals surface area contributed by atoms with Crippen molar-refractivity contribution < 1.29 is 18.8 Å². The fourth-order valence-electron chi connectivity index (χ4n) is 3.32. The predicted octanol–water partition coefficient (Wildman–Crippen LogP) is 2.59. The normalized spacial score (nSPS) is 14.0. The third-order valence-corrected chi connectivity index (χ3v) is 5.67. The number of aromatic nitrogens is 1. The number of nitrogens with one attached hydrogen (secondary N) is 3. The highest BCUT2D eigenvalue weighted by Gasteiger charge is 2.28. The molecule has 158 valence electrons. The molecule has 0 radical (unpaired) electrons. The van der Waals surface area contributed by atoms with Crippen molar-refractivity contribution in [2.75, 3.05) is 0 Å². The van der Waals surface area contributed by atoms with Crippen LogP contribution in [0.25, 0.3) is 0 Å². The van der Waals surface area contributed by atoms with Gasteiger partial charge in [0.1, 0.15) is 5.76 Å². The quantitative estimate of drug-likeness (QED) is 0.541. The van der Waals surface area contributed by atoms with E-state index >= 15 is 0 Å². The average molecular weight is 437 g/mol. The number of hydrogen-bond acceptors (Lipinski definition) is 7. The van der Waals surface area contributed by atoms with Gasteiger partial charge in [0.2, 0.25) is 0 Å². The Hall–Kier alpha value is -3.79. The number of fused-ring (bicyclic) bond motifs is 1. The van der Waals surface area contributed by atoms with Crippen LogP contribution in [0.15, 0.2) is 51.6 Å². The molecular formula is C21H19N5O4S. The molecule has 3 aromatic rings. The lowest BCUT2D eigenvalue weighted by atomic mass is 9.93. The lowest BCUT2D eigenvalue weighted by molar-refractivity contribution is 0.0829. The van der Waals surface area contributed by atoms with Gasteiger partial charge < -0.3 is 4.42 Å². The summed E-state index contributed by atoms with van der Waals surface area (Å²) in [5, 5.41) is 6.10. The van der Waals surface area contributed by atoms with Gasteiger partial charge in [-0.3, -0.25) is 30.2 Å². The van der Waals surface area contributed by atoms with Gasteiger partial charge in [0, 0.05) is 35.5 Å². The van der Waals surface area contributed by atoms with Gasteiger partial charge in [-0.25, -0.2) is 5.43 Å². The maximum atomic E-state index is 12.6. The smallest absolute Gasteiger partial charge is 0.305 e. The van der Waals surface area contributed by atoms with Crippen LogP contribution in [-0.4, -0.2) is 28.4 Å². The number of furan rings is 1. The highest BCUT2D eigenvalue weighted by atomic mass is 32.1. The summed E-state index contributed by atoms with van der Waals surface area (Å²) < 4.78 is 5.78. The summed E-state index contributed by atoms with van der Waals surface area (Å²) in [7, 11) is 0. The van der Waals surface area contributed by atoms with Gasteiger partial charge in [-0.05, 0) is 43.3 Å². The third-order valence-electron chi connectivity index (χ3n) is 4.80. The molecular weight excluding hydrogens is 418 g/mol. The summed E-state index contributed by atoms with van der Waals surface area (Å²) in [6.07, 6.45) is 5.06. The minimum atomic E-state index is -0.573. The summed E-state index contributed by atoms with van der Waals surface area (Å²) in [5.41, 5.74) is 9.66. The number of aryl methyl sites for hydroxylation is 1. The summed E-state index contributed by atoms with van der Waals surface area (Å²) in [6.45, 7) is 1.75. The molecule has 0 atom stereocenters. The van der Waals surface area contributed by atoms with Crippen molar-refractivity contribution in [1.82, 2.24) is 21.3 Å². The Balaban J connectivity index is 1.48. The molecule has 0 bridgehead atoms. The van der Waals surface area contributed by atoms with Gasteiger partial charge >= 0.3 is 5.91 Å². The Morgan fingerprint density at radius 1 is 1.06 bits per heavy atom.